The zero-order valence-electron chi connectivity index (χ0n) is 4.38. The van der Waals surface area contributed by atoms with Crippen molar-refractivity contribution in [1.29, 1.82) is 0 Å². The first kappa shape index (κ1) is 8.72. The highest BCUT2D eigenvalue weighted by Crippen LogP contribution is 2.12. The van der Waals surface area contributed by atoms with Crippen LogP contribution in [0, 0.1) is 0 Å². The van der Waals surface area contributed by atoms with Crippen LogP contribution < -0.4 is 0 Å². The summed E-state index contributed by atoms with van der Waals surface area (Å²) in [6.45, 7) is 0. The van der Waals surface area contributed by atoms with Gasteiger partial charge in [-0.15, -0.1) is 0 Å². The van der Waals surface area contributed by atoms with Crippen molar-refractivity contribution < 1.29 is 0 Å². The third kappa shape index (κ3) is 2.20. The Balaban J connectivity index is 0.000000640. The summed E-state index contributed by atoms with van der Waals surface area (Å²) >= 11 is 10.8. The zero-order valence-corrected chi connectivity index (χ0v) is 5.89. The third-order valence-electron chi connectivity index (χ3n) is 0.613. The molecule has 0 unspecified atom stereocenters. The molecule has 0 aliphatic carbocycles. The summed E-state index contributed by atoms with van der Waals surface area (Å²) < 4.78 is 0. The van der Waals surface area contributed by atoms with E-state index in [9.17, 15) is 0 Å². The van der Waals surface area contributed by atoms with Crippen molar-refractivity contribution in [3.8, 4) is 0 Å². The van der Waals surface area contributed by atoms with E-state index in [0.29, 0.717) is 0 Å². The van der Waals surface area contributed by atoms with Crippen molar-refractivity contribution >= 4 is 31.6 Å². The van der Waals surface area contributed by atoms with Gasteiger partial charge < -0.3 is 0 Å². The highest BCUT2D eigenvalue weighted by atomic mass is 35.5. The molecule has 2 nitrogen and oxygen atoms in total. The summed E-state index contributed by atoms with van der Waals surface area (Å²) in [6.07, 6.45) is 2.96. The Bertz CT molecular complexity index is 173. The van der Waals surface area contributed by atoms with Crippen molar-refractivity contribution in [2.45, 2.75) is 0 Å². The third-order valence-corrected chi connectivity index (χ3v) is 1.26. The van der Waals surface area contributed by atoms with Crippen LogP contribution in [0.4, 0.5) is 0 Å². The normalized spacial score (nSPS) is 8.22. The highest BCUT2D eigenvalue weighted by molar-refractivity contribution is 6.40. The van der Waals surface area contributed by atoms with Crippen molar-refractivity contribution in [1.82, 2.24) is 9.97 Å². The molecular formula is C4H2BCl2N2. The Hall–Kier alpha value is -0.275. The molecule has 0 aliphatic rings. The van der Waals surface area contributed by atoms with Crippen molar-refractivity contribution in [2.75, 3.05) is 0 Å². The van der Waals surface area contributed by atoms with Crippen LogP contribution in [0.15, 0.2) is 12.4 Å². The molecule has 0 spiro atoms. The lowest BCUT2D eigenvalue weighted by atomic mass is 10.8. The Morgan fingerprint density at radius 1 is 1.00 bits per heavy atom. The first-order chi connectivity index (χ1) is 3.80. The van der Waals surface area contributed by atoms with E-state index in [1.54, 1.807) is 0 Å². The maximum Gasteiger partial charge on any atom is 0.166 e. The lowest BCUT2D eigenvalue weighted by Gasteiger charge is -1.86. The van der Waals surface area contributed by atoms with Gasteiger partial charge in [-0.3, -0.25) is 0 Å². The van der Waals surface area contributed by atoms with Crippen LogP contribution in [0.2, 0.25) is 10.3 Å². The Labute approximate surface area is 64.8 Å². The molecule has 0 aromatic carbocycles. The Kier molecular flexibility index (Phi) is 3.58. The van der Waals surface area contributed by atoms with E-state index >= 15 is 0 Å². The van der Waals surface area contributed by atoms with Crippen LogP contribution in [-0.2, 0) is 0 Å². The van der Waals surface area contributed by atoms with E-state index in [-0.39, 0.29) is 18.7 Å². The number of halogens is 2. The Morgan fingerprint density at radius 3 is 1.56 bits per heavy atom. The van der Waals surface area contributed by atoms with E-state index in [4.69, 9.17) is 23.2 Å². The van der Waals surface area contributed by atoms with E-state index in [0.717, 1.165) is 0 Å². The molecule has 0 saturated carbocycles. The monoisotopic (exact) mass is 159 g/mol. The molecule has 9 heavy (non-hydrogen) atoms. The average molecular weight is 160 g/mol. The second kappa shape index (κ2) is 3.69. The summed E-state index contributed by atoms with van der Waals surface area (Å²) in [5, 5.41) is 0.489. The van der Waals surface area contributed by atoms with Gasteiger partial charge >= 0.3 is 0 Å². The summed E-state index contributed by atoms with van der Waals surface area (Å²) in [5.41, 5.74) is 0. The lowest BCUT2D eigenvalue weighted by molar-refractivity contribution is 1.20. The summed E-state index contributed by atoms with van der Waals surface area (Å²) in [4.78, 5) is 7.30. The quantitative estimate of drug-likeness (QED) is 0.535. The number of aromatic nitrogens is 2. The standard InChI is InChI=1S/C4H2Cl2N2.B/c5-3-4(6)8-2-1-7-3;/h1-2H;. The molecule has 1 aromatic heterocycles. The highest BCUT2D eigenvalue weighted by Gasteiger charge is 1.93. The molecule has 3 radical (unpaired) electrons. The van der Waals surface area contributed by atoms with E-state index in [2.05, 4.69) is 9.97 Å². The minimum Gasteiger partial charge on any atom is -0.240 e. The summed E-state index contributed by atoms with van der Waals surface area (Å²) in [5.74, 6) is 0. The molecule has 1 rings (SSSR count). The number of hydrogen-bond donors (Lipinski definition) is 0. The van der Waals surface area contributed by atoms with Gasteiger partial charge in [0, 0.05) is 20.8 Å². The maximum absolute atomic E-state index is 5.40. The minimum absolute atomic E-state index is 0. The predicted octanol–water partition coefficient (Wildman–Crippen LogP) is 1.40. The topological polar surface area (TPSA) is 25.8 Å². The van der Waals surface area contributed by atoms with Crippen LogP contribution in [0.25, 0.3) is 0 Å². The first-order valence-corrected chi connectivity index (χ1v) is 2.68. The van der Waals surface area contributed by atoms with Crippen molar-refractivity contribution in [3.05, 3.63) is 22.7 Å². The smallest absolute Gasteiger partial charge is 0.166 e. The first-order valence-electron chi connectivity index (χ1n) is 1.92. The van der Waals surface area contributed by atoms with Gasteiger partial charge in [-0.25, -0.2) is 9.97 Å². The number of rotatable bonds is 0. The molecular weight excluding hydrogens is 158 g/mol. The van der Waals surface area contributed by atoms with Gasteiger partial charge in [0.25, 0.3) is 0 Å². The molecule has 0 bridgehead atoms. The molecule has 0 fully saturated rings. The molecule has 0 N–H and O–H groups in total. The molecule has 45 valence electrons. The Morgan fingerprint density at radius 2 is 1.33 bits per heavy atom. The number of hydrogen-bond acceptors (Lipinski definition) is 2. The molecule has 0 aliphatic heterocycles. The zero-order chi connectivity index (χ0) is 5.98. The second-order valence-electron chi connectivity index (χ2n) is 1.14. The fourth-order valence-corrected chi connectivity index (χ4v) is 0.514. The van der Waals surface area contributed by atoms with Crippen LogP contribution in [-0.4, -0.2) is 18.4 Å². The van der Waals surface area contributed by atoms with E-state index in [1.165, 1.54) is 12.4 Å². The maximum atomic E-state index is 5.40. The average Bonchev–Trinajstić information content (AvgIpc) is 1.77. The fraction of sp³-hybridized carbons (Fsp3) is 0. The van der Waals surface area contributed by atoms with Crippen LogP contribution in [0.5, 0.6) is 0 Å². The van der Waals surface area contributed by atoms with Gasteiger partial charge in [0.1, 0.15) is 0 Å². The molecule has 1 aromatic rings. The van der Waals surface area contributed by atoms with E-state index in [1.807, 2.05) is 0 Å². The van der Waals surface area contributed by atoms with E-state index < -0.39 is 0 Å². The summed E-state index contributed by atoms with van der Waals surface area (Å²) in [6, 6.07) is 0. The molecule has 0 amide bonds. The van der Waals surface area contributed by atoms with Crippen molar-refractivity contribution in [3.63, 3.8) is 0 Å². The predicted molar refractivity (Wildman–Crippen MR) is 37.8 cm³/mol. The van der Waals surface area contributed by atoms with Gasteiger partial charge in [0.05, 0.1) is 0 Å². The fourth-order valence-electron chi connectivity index (χ4n) is 0.304. The van der Waals surface area contributed by atoms with Crippen molar-refractivity contribution in [2.24, 2.45) is 0 Å². The van der Waals surface area contributed by atoms with Gasteiger partial charge in [-0.1, -0.05) is 23.2 Å². The summed E-state index contributed by atoms with van der Waals surface area (Å²) in [7, 11) is 0. The van der Waals surface area contributed by atoms with Crippen LogP contribution in [0.3, 0.4) is 0 Å². The minimum atomic E-state index is 0. The number of nitrogens with zero attached hydrogens (tertiary/aromatic N) is 2. The lowest BCUT2D eigenvalue weighted by Crippen LogP contribution is -1.77. The van der Waals surface area contributed by atoms with Gasteiger partial charge in [-0.2, -0.15) is 0 Å². The largest absolute Gasteiger partial charge is 0.240 e. The van der Waals surface area contributed by atoms with Gasteiger partial charge in [-0.05, 0) is 0 Å². The molecule has 1 heterocycles. The molecule has 5 heteroatoms. The van der Waals surface area contributed by atoms with Crippen LogP contribution >= 0.6 is 23.2 Å². The molecule has 0 atom stereocenters. The van der Waals surface area contributed by atoms with Gasteiger partial charge in [0.15, 0.2) is 10.3 Å². The second-order valence-corrected chi connectivity index (χ2v) is 1.85. The van der Waals surface area contributed by atoms with Gasteiger partial charge in [0.2, 0.25) is 0 Å². The van der Waals surface area contributed by atoms with Crippen LogP contribution in [0.1, 0.15) is 0 Å². The molecule has 0 saturated heterocycles. The SMILES string of the molecule is Clc1nccnc1Cl.[B].